The van der Waals surface area contributed by atoms with Gasteiger partial charge in [-0.2, -0.15) is 0 Å². The number of esters is 1. The van der Waals surface area contributed by atoms with E-state index in [1.165, 1.54) is 25.1 Å². The Morgan fingerprint density at radius 2 is 2.10 bits per heavy atom. The summed E-state index contributed by atoms with van der Waals surface area (Å²) in [6, 6.07) is 4.15. The fraction of sp³-hybridized carbons (Fsp3) is 0.533. The van der Waals surface area contributed by atoms with Crippen molar-refractivity contribution < 1.29 is 23.8 Å². The molecule has 0 saturated heterocycles. The molecule has 20 heavy (non-hydrogen) atoms. The van der Waals surface area contributed by atoms with E-state index < -0.39 is 24.0 Å². The molecule has 0 aliphatic rings. The van der Waals surface area contributed by atoms with Crippen molar-refractivity contribution in [3.05, 3.63) is 29.6 Å². The van der Waals surface area contributed by atoms with Gasteiger partial charge in [-0.25, -0.2) is 9.18 Å². The van der Waals surface area contributed by atoms with Gasteiger partial charge in [-0.15, -0.1) is 0 Å². The van der Waals surface area contributed by atoms with Crippen LogP contribution in [-0.4, -0.2) is 23.8 Å². The number of aliphatic hydroxyl groups excluding tert-OH is 1. The van der Waals surface area contributed by atoms with Crippen LogP contribution >= 0.6 is 0 Å². The van der Waals surface area contributed by atoms with Crippen LogP contribution in [-0.2, 0) is 9.53 Å². The quantitative estimate of drug-likeness (QED) is 0.782. The van der Waals surface area contributed by atoms with Crippen LogP contribution in [0, 0.1) is 5.82 Å². The minimum absolute atomic E-state index is 0.195. The van der Waals surface area contributed by atoms with Gasteiger partial charge in [0.15, 0.2) is 6.10 Å². The van der Waals surface area contributed by atoms with E-state index in [0.717, 1.165) is 6.42 Å². The Bertz CT molecular complexity index is 445. The van der Waals surface area contributed by atoms with Crippen LogP contribution in [0.3, 0.4) is 0 Å². The molecule has 1 aromatic carbocycles. The standard InChI is InChI=1S/C15H21FO4/c1-4-6-14(15(18)19-5-2)20-11-7-8-12(10(3)17)13(16)9-11/h7-10,14,17H,4-6H2,1-3H3. The lowest BCUT2D eigenvalue weighted by Gasteiger charge is -2.17. The molecule has 1 rings (SSSR count). The maximum Gasteiger partial charge on any atom is 0.347 e. The summed E-state index contributed by atoms with van der Waals surface area (Å²) in [6.45, 7) is 5.40. The zero-order valence-corrected chi connectivity index (χ0v) is 12.1. The van der Waals surface area contributed by atoms with Crippen LogP contribution in [0.15, 0.2) is 18.2 Å². The number of carbonyl (C=O) groups excluding carboxylic acids is 1. The summed E-state index contributed by atoms with van der Waals surface area (Å²) in [5.74, 6) is -0.760. The Hall–Kier alpha value is -1.62. The van der Waals surface area contributed by atoms with Crippen molar-refractivity contribution >= 4 is 5.97 Å². The van der Waals surface area contributed by atoms with Crippen molar-refractivity contribution in [2.75, 3.05) is 6.61 Å². The average Bonchev–Trinajstić information content (AvgIpc) is 2.38. The first-order valence-corrected chi connectivity index (χ1v) is 6.80. The first-order chi connectivity index (χ1) is 9.49. The Labute approximate surface area is 118 Å². The molecule has 0 amide bonds. The first kappa shape index (κ1) is 16.4. The molecule has 1 aromatic rings. The van der Waals surface area contributed by atoms with Gasteiger partial charge in [-0.1, -0.05) is 13.3 Å². The largest absolute Gasteiger partial charge is 0.479 e. The number of ether oxygens (including phenoxy) is 2. The lowest BCUT2D eigenvalue weighted by atomic mass is 10.1. The summed E-state index contributed by atoms with van der Waals surface area (Å²) in [6.07, 6.45) is -0.381. The molecular weight excluding hydrogens is 263 g/mol. The van der Waals surface area contributed by atoms with Crippen molar-refractivity contribution in [3.8, 4) is 5.75 Å². The monoisotopic (exact) mass is 284 g/mol. The summed E-state index contributed by atoms with van der Waals surface area (Å²) in [4.78, 5) is 11.7. The lowest BCUT2D eigenvalue weighted by molar-refractivity contribution is -0.151. The molecule has 0 saturated carbocycles. The van der Waals surface area contributed by atoms with Gasteiger partial charge in [0.05, 0.1) is 12.7 Å². The van der Waals surface area contributed by atoms with Crippen LogP contribution in [0.4, 0.5) is 4.39 Å². The van der Waals surface area contributed by atoms with Crippen molar-refractivity contribution in [2.24, 2.45) is 0 Å². The Balaban J connectivity index is 2.83. The Kier molecular flexibility index (Phi) is 6.45. The Morgan fingerprint density at radius 3 is 2.60 bits per heavy atom. The molecule has 4 nitrogen and oxygen atoms in total. The highest BCUT2D eigenvalue weighted by atomic mass is 19.1. The van der Waals surface area contributed by atoms with Gasteiger partial charge < -0.3 is 14.6 Å². The van der Waals surface area contributed by atoms with Gasteiger partial charge >= 0.3 is 5.97 Å². The summed E-state index contributed by atoms with van der Waals surface area (Å²) < 4.78 is 24.1. The normalized spacial score (nSPS) is 13.7. The van der Waals surface area contributed by atoms with Crippen LogP contribution < -0.4 is 4.74 Å². The van der Waals surface area contributed by atoms with E-state index in [4.69, 9.17) is 9.47 Å². The summed E-state index contributed by atoms with van der Waals surface area (Å²) in [5, 5.41) is 9.36. The van der Waals surface area contributed by atoms with E-state index >= 15 is 0 Å². The molecule has 0 aliphatic carbocycles. The second kappa shape index (κ2) is 7.85. The highest BCUT2D eigenvalue weighted by molar-refractivity contribution is 5.75. The van der Waals surface area contributed by atoms with E-state index in [2.05, 4.69) is 0 Å². The van der Waals surface area contributed by atoms with E-state index in [1.807, 2.05) is 6.92 Å². The van der Waals surface area contributed by atoms with Crippen LogP contribution in [0.25, 0.3) is 0 Å². The minimum atomic E-state index is -0.888. The number of aliphatic hydroxyl groups is 1. The number of carbonyl (C=O) groups is 1. The van der Waals surface area contributed by atoms with E-state index in [9.17, 15) is 14.3 Å². The number of hydrogen-bond donors (Lipinski definition) is 1. The lowest BCUT2D eigenvalue weighted by Crippen LogP contribution is -2.29. The van der Waals surface area contributed by atoms with Gasteiger partial charge in [0.2, 0.25) is 0 Å². The predicted octanol–water partition coefficient (Wildman–Crippen LogP) is 2.99. The molecule has 112 valence electrons. The summed E-state index contributed by atoms with van der Waals surface area (Å²) in [7, 11) is 0. The molecule has 2 atom stereocenters. The minimum Gasteiger partial charge on any atom is -0.479 e. The van der Waals surface area contributed by atoms with Crippen LogP contribution in [0.1, 0.15) is 45.3 Å². The number of halogens is 1. The van der Waals surface area contributed by atoms with Crippen molar-refractivity contribution in [2.45, 2.75) is 45.8 Å². The van der Waals surface area contributed by atoms with Crippen molar-refractivity contribution in [1.82, 2.24) is 0 Å². The Morgan fingerprint density at radius 1 is 1.40 bits per heavy atom. The molecule has 0 bridgehead atoms. The molecule has 2 unspecified atom stereocenters. The highest BCUT2D eigenvalue weighted by Gasteiger charge is 2.21. The highest BCUT2D eigenvalue weighted by Crippen LogP contribution is 2.23. The van der Waals surface area contributed by atoms with Crippen molar-refractivity contribution in [3.63, 3.8) is 0 Å². The number of rotatable bonds is 7. The topological polar surface area (TPSA) is 55.8 Å². The molecule has 0 fully saturated rings. The maximum absolute atomic E-state index is 13.7. The molecular formula is C15H21FO4. The molecule has 0 aromatic heterocycles. The number of hydrogen-bond acceptors (Lipinski definition) is 4. The molecule has 1 N–H and O–H groups in total. The van der Waals surface area contributed by atoms with Gasteiger partial charge in [-0.05, 0) is 32.4 Å². The van der Waals surface area contributed by atoms with E-state index in [0.29, 0.717) is 6.42 Å². The third-order valence-electron chi connectivity index (χ3n) is 2.80. The molecule has 0 heterocycles. The second-order valence-electron chi connectivity index (χ2n) is 4.51. The maximum atomic E-state index is 13.7. The summed E-state index contributed by atoms with van der Waals surface area (Å²) >= 11 is 0. The third-order valence-corrected chi connectivity index (χ3v) is 2.80. The summed E-state index contributed by atoms with van der Waals surface area (Å²) in [5.41, 5.74) is 0.195. The smallest absolute Gasteiger partial charge is 0.347 e. The molecule has 0 aliphatic heterocycles. The van der Waals surface area contributed by atoms with Crippen LogP contribution in [0.2, 0.25) is 0 Å². The zero-order chi connectivity index (χ0) is 15.1. The predicted molar refractivity (Wildman–Crippen MR) is 73.0 cm³/mol. The van der Waals surface area contributed by atoms with Gasteiger partial charge in [0.1, 0.15) is 11.6 Å². The molecule has 0 spiro atoms. The van der Waals surface area contributed by atoms with Gasteiger partial charge in [0, 0.05) is 11.6 Å². The van der Waals surface area contributed by atoms with Gasteiger partial charge in [0.25, 0.3) is 0 Å². The molecule has 0 radical (unpaired) electrons. The third kappa shape index (κ3) is 4.49. The first-order valence-electron chi connectivity index (χ1n) is 6.80. The zero-order valence-electron chi connectivity index (χ0n) is 12.1. The fourth-order valence-corrected chi connectivity index (χ4v) is 1.81. The van der Waals surface area contributed by atoms with E-state index in [1.54, 1.807) is 6.92 Å². The van der Waals surface area contributed by atoms with Crippen LogP contribution in [0.5, 0.6) is 5.75 Å². The average molecular weight is 284 g/mol. The molecule has 5 heteroatoms. The fourth-order valence-electron chi connectivity index (χ4n) is 1.81. The second-order valence-corrected chi connectivity index (χ2v) is 4.51. The SMILES string of the molecule is CCCC(Oc1ccc(C(C)O)c(F)c1)C(=O)OCC. The van der Waals surface area contributed by atoms with E-state index in [-0.39, 0.29) is 17.9 Å². The van der Waals surface area contributed by atoms with Gasteiger partial charge in [-0.3, -0.25) is 0 Å². The van der Waals surface area contributed by atoms with Crippen molar-refractivity contribution in [1.29, 1.82) is 0 Å². The number of benzene rings is 1.